The number of aromatic nitrogens is 1. The van der Waals surface area contributed by atoms with Crippen molar-refractivity contribution in [3.63, 3.8) is 0 Å². The highest BCUT2D eigenvalue weighted by molar-refractivity contribution is 7.10. The number of carboxylic acid groups (broad SMARTS) is 1. The molecule has 0 spiro atoms. The number of nitrogens with zero attached hydrogens (tertiary/aromatic N) is 1. The lowest BCUT2D eigenvalue weighted by molar-refractivity contribution is -0.138. The quantitative estimate of drug-likeness (QED) is 0.890. The fraction of sp³-hybridized carbons (Fsp3) is 0.353. The summed E-state index contributed by atoms with van der Waals surface area (Å²) in [5, 5.41) is 14.4. The van der Waals surface area contributed by atoms with Crippen molar-refractivity contribution in [2.24, 2.45) is 0 Å². The maximum atomic E-state index is 12.2. The number of hydrogen-bond acceptors (Lipinski definition) is 4. The van der Waals surface area contributed by atoms with Gasteiger partial charge in [0, 0.05) is 16.5 Å². The standard InChI is InChI=1S/C17H20N2O3S/c1-10(15(21)22)11-5-7-12(8-6-11)18-14(20)13-9-23-16(19-13)17(2,3)4/h5-10H,1-4H3,(H,18,20)(H,21,22). The summed E-state index contributed by atoms with van der Waals surface area (Å²) in [6.45, 7) is 7.78. The van der Waals surface area contributed by atoms with Crippen molar-refractivity contribution in [3.8, 4) is 0 Å². The molecule has 1 aromatic heterocycles. The number of carbonyl (C=O) groups is 2. The summed E-state index contributed by atoms with van der Waals surface area (Å²) in [7, 11) is 0. The molecule has 0 saturated heterocycles. The van der Waals surface area contributed by atoms with Gasteiger partial charge in [-0.3, -0.25) is 9.59 Å². The molecule has 23 heavy (non-hydrogen) atoms. The van der Waals surface area contributed by atoms with Crippen LogP contribution in [0.2, 0.25) is 0 Å². The summed E-state index contributed by atoms with van der Waals surface area (Å²) in [6.07, 6.45) is 0. The SMILES string of the molecule is CC(C(=O)O)c1ccc(NC(=O)c2csc(C(C)(C)C)n2)cc1. The van der Waals surface area contributed by atoms with E-state index in [0.29, 0.717) is 16.9 Å². The molecule has 1 heterocycles. The molecule has 1 atom stereocenters. The van der Waals surface area contributed by atoms with Crippen LogP contribution >= 0.6 is 11.3 Å². The van der Waals surface area contributed by atoms with E-state index in [1.54, 1.807) is 36.6 Å². The van der Waals surface area contributed by atoms with Gasteiger partial charge in [0.15, 0.2) is 0 Å². The highest BCUT2D eigenvalue weighted by Crippen LogP contribution is 2.26. The van der Waals surface area contributed by atoms with Gasteiger partial charge in [-0.05, 0) is 24.6 Å². The fourth-order valence-corrected chi connectivity index (χ4v) is 2.80. The van der Waals surface area contributed by atoms with Crippen molar-refractivity contribution in [2.45, 2.75) is 39.0 Å². The van der Waals surface area contributed by atoms with Gasteiger partial charge in [0.1, 0.15) is 5.69 Å². The average molecular weight is 332 g/mol. The number of anilines is 1. The minimum absolute atomic E-state index is 0.0855. The molecule has 0 aliphatic heterocycles. The molecule has 1 unspecified atom stereocenters. The Bertz CT molecular complexity index is 714. The van der Waals surface area contributed by atoms with Crippen molar-refractivity contribution in [2.75, 3.05) is 5.32 Å². The second-order valence-corrected chi connectivity index (χ2v) is 7.28. The van der Waals surface area contributed by atoms with Gasteiger partial charge in [0.2, 0.25) is 0 Å². The Hall–Kier alpha value is -2.21. The molecule has 0 bridgehead atoms. The fourth-order valence-electron chi connectivity index (χ4n) is 1.92. The van der Waals surface area contributed by atoms with Crippen molar-refractivity contribution in [3.05, 3.63) is 45.9 Å². The van der Waals surface area contributed by atoms with E-state index in [9.17, 15) is 9.59 Å². The molecule has 2 rings (SSSR count). The highest BCUT2D eigenvalue weighted by Gasteiger charge is 2.20. The summed E-state index contributed by atoms with van der Waals surface area (Å²) in [6, 6.07) is 6.81. The van der Waals surface area contributed by atoms with E-state index in [1.807, 2.05) is 0 Å². The summed E-state index contributed by atoms with van der Waals surface area (Å²) < 4.78 is 0. The van der Waals surface area contributed by atoms with Crippen LogP contribution in [0.15, 0.2) is 29.6 Å². The smallest absolute Gasteiger partial charge is 0.310 e. The first-order chi connectivity index (χ1) is 10.7. The molecule has 1 amide bonds. The zero-order valence-corrected chi connectivity index (χ0v) is 14.4. The molecule has 0 radical (unpaired) electrons. The van der Waals surface area contributed by atoms with Crippen molar-refractivity contribution >= 4 is 28.9 Å². The lowest BCUT2D eigenvalue weighted by Gasteiger charge is -2.13. The van der Waals surface area contributed by atoms with Gasteiger partial charge in [-0.15, -0.1) is 11.3 Å². The number of hydrogen-bond donors (Lipinski definition) is 2. The molecule has 0 fully saturated rings. The van der Waals surface area contributed by atoms with Gasteiger partial charge in [0.25, 0.3) is 5.91 Å². The van der Waals surface area contributed by atoms with Crippen LogP contribution in [-0.4, -0.2) is 22.0 Å². The molecule has 122 valence electrons. The number of rotatable bonds is 4. The Balaban J connectivity index is 2.08. The Morgan fingerprint density at radius 3 is 2.30 bits per heavy atom. The maximum Gasteiger partial charge on any atom is 0.310 e. The molecule has 2 N–H and O–H groups in total. The third-order valence-electron chi connectivity index (χ3n) is 3.42. The summed E-state index contributed by atoms with van der Waals surface area (Å²) in [4.78, 5) is 27.5. The van der Waals surface area contributed by atoms with Crippen LogP contribution in [0.4, 0.5) is 5.69 Å². The van der Waals surface area contributed by atoms with Gasteiger partial charge in [-0.25, -0.2) is 4.98 Å². The van der Waals surface area contributed by atoms with Crippen LogP contribution in [0.3, 0.4) is 0 Å². The molecule has 1 aromatic carbocycles. The lowest BCUT2D eigenvalue weighted by Crippen LogP contribution is -2.15. The van der Waals surface area contributed by atoms with E-state index in [2.05, 4.69) is 31.1 Å². The van der Waals surface area contributed by atoms with Crippen LogP contribution in [0.25, 0.3) is 0 Å². The summed E-state index contributed by atoms with van der Waals surface area (Å²) in [5.41, 5.74) is 1.61. The lowest BCUT2D eigenvalue weighted by atomic mass is 9.98. The van der Waals surface area contributed by atoms with E-state index in [1.165, 1.54) is 11.3 Å². The number of thiazole rings is 1. The molecule has 0 aliphatic carbocycles. The van der Waals surface area contributed by atoms with Gasteiger partial charge >= 0.3 is 5.97 Å². The molecule has 0 aliphatic rings. The zero-order valence-electron chi connectivity index (χ0n) is 13.6. The molecular formula is C17H20N2O3S. The zero-order chi connectivity index (χ0) is 17.2. The van der Waals surface area contributed by atoms with Crippen LogP contribution in [0, 0.1) is 0 Å². The van der Waals surface area contributed by atoms with Gasteiger partial charge < -0.3 is 10.4 Å². The normalized spacial score (nSPS) is 12.7. The number of amides is 1. The number of carbonyl (C=O) groups excluding carboxylic acids is 1. The monoisotopic (exact) mass is 332 g/mol. The molecule has 2 aromatic rings. The van der Waals surface area contributed by atoms with Crippen molar-refractivity contribution in [1.82, 2.24) is 4.98 Å². The minimum Gasteiger partial charge on any atom is -0.481 e. The van der Waals surface area contributed by atoms with E-state index in [-0.39, 0.29) is 11.3 Å². The number of benzene rings is 1. The van der Waals surface area contributed by atoms with Gasteiger partial charge in [-0.1, -0.05) is 32.9 Å². The van der Waals surface area contributed by atoms with E-state index >= 15 is 0 Å². The van der Waals surface area contributed by atoms with Crippen molar-refractivity contribution in [1.29, 1.82) is 0 Å². The third kappa shape index (κ3) is 4.16. The summed E-state index contributed by atoms with van der Waals surface area (Å²) >= 11 is 1.47. The predicted octanol–water partition coefficient (Wildman–Crippen LogP) is 3.88. The first kappa shape index (κ1) is 17.1. The Morgan fingerprint density at radius 1 is 1.22 bits per heavy atom. The molecule has 5 nitrogen and oxygen atoms in total. The largest absolute Gasteiger partial charge is 0.481 e. The van der Waals surface area contributed by atoms with Crippen LogP contribution in [0.5, 0.6) is 0 Å². The second-order valence-electron chi connectivity index (χ2n) is 6.42. The molecule has 0 saturated carbocycles. The first-order valence-electron chi connectivity index (χ1n) is 7.28. The van der Waals surface area contributed by atoms with Crippen molar-refractivity contribution < 1.29 is 14.7 Å². The topological polar surface area (TPSA) is 79.3 Å². The highest BCUT2D eigenvalue weighted by atomic mass is 32.1. The predicted molar refractivity (Wildman–Crippen MR) is 91.3 cm³/mol. The number of carboxylic acids is 1. The summed E-state index contributed by atoms with van der Waals surface area (Å²) in [5.74, 6) is -1.72. The third-order valence-corrected chi connectivity index (χ3v) is 4.69. The Labute approximate surface area is 139 Å². The van der Waals surface area contributed by atoms with Gasteiger partial charge in [-0.2, -0.15) is 0 Å². The minimum atomic E-state index is -0.876. The Morgan fingerprint density at radius 2 is 1.83 bits per heavy atom. The van der Waals surface area contributed by atoms with E-state index in [0.717, 1.165) is 5.01 Å². The average Bonchev–Trinajstić information content (AvgIpc) is 2.97. The van der Waals surface area contributed by atoms with Gasteiger partial charge in [0.05, 0.1) is 10.9 Å². The number of aliphatic carboxylic acids is 1. The number of nitrogens with one attached hydrogen (secondary N) is 1. The molecule has 6 heteroatoms. The van der Waals surface area contributed by atoms with E-state index < -0.39 is 11.9 Å². The second kappa shape index (κ2) is 6.50. The molecular weight excluding hydrogens is 312 g/mol. The first-order valence-corrected chi connectivity index (χ1v) is 8.16. The van der Waals surface area contributed by atoms with Crippen LogP contribution in [-0.2, 0) is 10.2 Å². The van der Waals surface area contributed by atoms with Crippen LogP contribution < -0.4 is 5.32 Å². The van der Waals surface area contributed by atoms with E-state index in [4.69, 9.17) is 5.11 Å². The van der Waals surface area contributed by atoms with Crippen LogP contribution in [0.1, 0.15) is 54.7 Å². The Kier molecular flexibility index (Phi) is 4.85. The maximum absolute atomic E-state index is 12.2.